The van der Waals surface area contributed by atoms with Crippen LogP contribution in [-0.2, 0) is 19.6 Å². The lowest BCUT2D eigenvalue weighted by atomic mass is 10.5. The normalized spacial score (nSPS) is 11.7. The van der Waals surface area contributed by atoms with Crippen molar-refractivity contribution in [3.8, 4) is 0 Å². The molecule has 1 amide bonds. The van der Waals surface area contributed by atoms with E-state index in [1.165, 1.54) is 7.11 Å². The van der Waals surface area contributed by atoms with Gasteiger partial charge in [0.2, 0.25) is 15.9 Å². The van der Waals surface area contributed by atoms with Gasteiger partial charge < -0.3 is 10.1 Å². The van der Waals surface area contributed by atoms with Crippen molar-refractivity contribution in [1.82, 2.24) is 10.0 Å². The van der Waals surface area contributed by atoms with Crippen LogP contribution in [0.25, 0.3) is 0 Å². The molecular weight excluding hydrogens is 220 g/mol. The first kappa shape index (κ1) is 14.3. The summed E-state index contributed by atoms with van der Waals surface area (Å²) in [5, 5.41) is 1.97. The van der Waals surface area contributed by atoms with Crippen LogP contribution >= 0.6 is 0 Å². The fourth-order valence-corrected chi connectivity index (χ4v) is 1.35. The highest BCUT2D eigenvalue weighted by Gasteiger charge is 2.16. The maximum atomic E-state index is 11.2. The zero-order valence-corrected chi connectivity index (χ0v) is 10.1. The standard InChI is InChI=1S/C8H18N2O4S/c1-7(2)15(12,13)10-6-8(11)9-4-5-14-3/h7,10H,4-6H2,1-3H3,(H,9,11). The van der Waals surface area contributed by atoms with Crippen LogP contribution in [0.2, 0.25) is 0 Å². The molecule has 90 valence electrons. The first-order valence-electron chi connectivity index (χ1n) is 4.64. The Bertz CT molecular complexity index is 287. The number of amides is 1. The highest BCUT2D eigenvalue weighted by Crippen LogP contribution is 1.94. The molecule has 0 rings (SSSR count). The molecule has 0 aliphatic carbocycles. The molecule has 0 heterocycles. The molecule has 7 heteroatoms. The summed E-state index contributed by atoms with van der Waals surface area (Å²) in [6.07, 6.45) is 0. The van der Waals surface area contributed by atoms with Crippen LogP contribution in [0, 0.1) is 0 Å². The minimum atomic E-state index is -3.37. The van der Waals surface area contributed by atoms with E-state index in [9.17, 15) is 13.2 Å². The van der Waals surface area contributed by atoms with Crippen LogP contribution in [0.3, 0.4) is 0 Å². The minimum absolute atomic E-state index is 0.232. The van der Waals surface area contributed by atoms with Crippen LogP contribution in [0.4, 0.5) is 0 Å². The van der Waals surface area contributed by atoms with Gasteiger partial charge in [-0.1, -0.05) is 0 Å². The van der Waals surface area contributed by atoms with E-state index in [1.807, 2.05) is 0 Å². The van der Waals surface area contributed by atoms with Crippen molar-refractivity contribution in [3.63, 3.8) is 0 Å². The molecule has 0 atom stereocenters. The lowest BCUT2D eigenvalue weighted by Gasteiger charge is -2.09. The van der Waals surface area contributed by atoms with Crippen LogP contribution in [0.15, 0.2) is 0 Å². The summed E-state index contributed by atoms with van der Waals surface area (Å²) in [4.78, 5) is 11.1. The predicted octanol–water partition coefficient (Wildman–Crippen LogP) is -0.923. The Balaban J connectivity index is 3.81. The van der Waals surface area contributed by atoms with Crippen molar-refractivity contribution in [2.75, 3.05) is 26.8 Å². The van der Waals surface area contributed by atoms with Crippen molar-refractivity contribution in [2.45, 2.75) is 19.1 Å². The summed E-state index contributed by atoms with van der Waals surface area (Å²) in [7, 11) is -1.84. The van der Waals surface area contributed by atoms with Crippen molar-refractivity contribution >= 4 is 15.9 Å². The van der Waals surface area contributed by atoms with Gasteiger partial charge in [-0.2, -0.15) is 0 Å². The molecule has 0 unspecified atom stereocenters. The molecule has 2 N–H and O–H groups in total. The zero-order valence-electron chi connectivity index (χ0n) is 9.24. The Hall–Kier alpha value is -0.660. The van der Waals surface area contributed by atoms with Crippen molar-refractivity contribution in [3.05, 3.63) is 0 Å². The molecule has 0 aromatic rings. The Morgan fingerprint density at radius 3 is 2.47 bits per heavy atom. The van der Waals surface area contributed by atoms with Gasteiger partial charge in [0.25, 0.3) is 0 Å². The summed E-state index contributed by atoms with van der Waals surface area (Å²) in [6.45, 7) is 3.64. The van der Waals surface area contributed by atoms with Gasteiger partial charge >= 0.3 is 0 Å². The quantitative estimate of drug-likeness (QED) is 0.562. The SMILES string of the molecule is COCCNC(=O)CNS(=O)(=O)C(C)C. The topological polar surface area (TPSA) is 84.5 Å². The summed E-state index contributed by atoms with van der Waals surface area (Å²) in [5.74, 6) is -0.365. The van der Waals surface area contributed by atoms with Gasteiger partial charge in [-0.25, -0.2) is 13.1 Å². The van der Waals surface area contributed by atoms with Gasteiger partial charge in [0.05, 0.1) is 18.4 Å². The number of carbonyl (C=O) groups excluding carboxylic acids is 1. The molecule has 0 aromatic heterocycles. The number of methoxy groups -OCH3 is 1. The fourth-order valence-electron chi connectivity index (χ4n) is 0.688. The van der Waals surface area contributed by atoms with Gasteiger partial charge in [0.15, 0.2) is 0 Å². The van der Waals surface area contributed by atoms with Crippen LogP contribution < -0.4 is 10.0 Å². The maximum Gasteiger partial charge on any atom is 0.235 e. The molecule has 6 nitrogen and oxygen atoms in total. The van der Waals surface area contributed by atoms with Crippen LogP contribution in [0.5, 0.6) is 0 Å². The summed E-state index contributed by atoms with van der Waals surface area (Å²) < 4.78 is 29.4. The number of sulfonamides is 1. The fraction of sp³-hybridized carbons (Fsp3) is 0.875. The number of hydrogen-bond acceptors (Lipinski definition) is 4. The molecular formula is C8H18N2O4S. The van der Waals surface area contributed by atoms with E-state index in [0.717, 1.165) is 0 Å². The number of hydrogen-bond donors (Lipinski definition) is 2. The second-order valence-electron chi connectivity index (χ2n) is 3.26. The largest absolute Gasteiger partial charge is 0.383 e. The summed E-state index contributed by atoms with van der Waals surface area (Å²) >= 11 is 0. The lowest BCUT2D eigenvalue weighted by molar-refractivity contribution is -0.120. The van der Waals surface area contributed by atoms with Crippen LogP contribution in [0.1, 0.15) is 13.8 Å². The molecule has 0 saturated carbocycles. The Labute approximate surface area is 90.4 Å². The number of ether oxygens (including phenoxy) is 1. The van der Waals surface area contributed by atoms with Gasteiger partial charge in [-0.15, -0.1) is 0 Å². The van der Waals surface area contributed by atoms with Crippen molar-refractivity contribution in [1.29, 1.82) is 0 Å². The van der Waals surface area contributed by atoms with E-state index in [4.69, 9.17) is 4.74 Å². The van der Waals surface area contributed by atoms with Gasteiger partial charge in [0.1, 0.15) is 0 Å². The average Bonchev–Trinajstić information content (AvgIpc) is 2.15. The summed E-state index contributed by atoms with van der Waals surface area (Å²) in [6, 6.07) is 0. The Kier molecular flexibility index (Phi) is 6.46. The number of carbonyl (C=O) groups is 1. The number of rotatable bonds is 7. The minimum Gasteiger partial charge on any atom is -0.383 e. The third-order valence-electron chi connectivity index (χ3n) is 1.68. The lowest BCUT2D eigenvalue weighted by Crippen LogP contribution is -2.40. The third-order valence-corrected chi connectivity index (χ3v) is 3.47. The first-order chi connectivity index (χ1) is 6.90. The van der Waals surface area contributed by atoms with Crippen molar-refractivity contribution < 1.29 is 17.9 Å². The van der Waals surface area contributed by atoms with Crippen molar-refractivity contribution in [2.24, 2.45) is 0 Å². The highest BCUT2D eigenvalue weighted by atomic mass is 32.2. The molecule has 0 radical (unpaired) electrons. The second-order valence-corrected chi connectivity index (χ2v) is 5.58. The van der Waals surface area contributed by atoms with Gasteiger partial charge in [-0.3, -0.25) is 4.79 Å². The van der Waals surface area contributed by atoms with E-state index in [-0.39, 0.29) is 12.5 Å². The third kappa shape index (κ3) is 6.43. The Morgan fingerprint density at radius 2 is 2.00 bits per heavy atom. The zero-order chi connectivity index (χ0) is 11.9. The molecule has 0 bridgehead atoms. The molecule has 15 heavy (non-hydrogen) atoms. The summed E-state index contributed by atoms with van der Waals surface area (Å²) in [5.41, 5.74) is 0. The average molecular weight is 238 g/mol. The molecule has 0 fully saturated rings. The Morgan fingerprint density at radius 1 is 1.40 bits per heavy atom. The molecule has 0 saturated heterocycles. The molecule has 0 aliphatic heterocycles. The highest BCUT2D eigenvalue weighted by molar-refractivity contribution is 7.90. The van der Waals surface area contributed by atoms with Gasteiger partial charge in [-0.05, 0) is 13.8 Å². The predicted molar refractivity (Wildman–Crippen MR) is 56.9 cm³/mol. The van der Waals surface area contributed by atoms with E-state index in [1.54, 1.807) is 13.8 Å². The molecule has 0 aliphatic rings. The monoisotopic (exact) mass is 238 g/mol. The molecule has 0 spiro atoms. The smallest absolute Gasteiger partial charge is 0.235 e. The maximum absolute atomic E-state index is 11.2. The van der Waals surface area contributed by atoms with Crippen LogP contribution in [-0.4, -0.2) is 46.4 Å². The second kappa shape index (κ2) is 6.76. The van der Waals surface area contributed by atoms with E-state index >= 15 is 0 Å². The van der Waals surface area contributed by atoms with Gasteiger partial charge in [0, 0.05) is 13.7 Å². The first-order valence-corrected chi connectivity index (χ1v) is 6.19. The van der Waals surface area contributed by atoms with E-state index < -0.39 is 15.3 Å². The number of nitrogens with one attached hydrogen (secondary N) is 2. The van der Waals surface area contributed by atoms with E-state index in [0.29, 0.717) is 13.2 Å². The van der Waals surface area contributed by atoms with E-state index in [2.05, 4.69) is 10.0 Å². The molecule has 0 aromatic carbocycles.